The molecule has 10 atom stereocenters. The van der Waals surface area contributed by atoms with Gasteiger partial charge in [-0.05, 0) is 92.3 Å². The van der Waals surface area contributed by atoms with Gasteiger partial charge in [0.15, 0.2) is 0 Å². The van der Waals surface area contributed by atoms with E-state index in [1.54, 1.807) is 7.05 Å². The fourth-order valence-electron chi connectivity index (χ4n) is 11.6. The number of hydrogen-bond acceptors (Lipinski definition) is 9. The average Bonchev–Trinajstić information content (AvgIpc) is 3.40. The summed E-state index contributed by atoms with van der Waals surface area (Å²) in [7, 11) is 1.68. The minimum Gasteiger partial charge on any atom is -0.462 e. The van der Waals surface area contributed by atoms with Gasteiger partial charge < -0.3 is 14.8 Å². The predicted molar refractivity (Wildman–Crippen MR) is 172 cm³/mol. The summed E-state index contributed by atoms with van der Waals surface area (Å²) in [6.07, 6.45) is 11.0. The Morgan fingerprint density at radius 3 is 2.13 bits per heavy atom. The molecule has 10 nitrogen and oxygen atoms in total. The molecule has 47 heavy (non-hydrogen) atoms. The monoisotopic (exact) mass is 661 g/mol. The van der Waals surface area contributed by atoms with Crippen molar-refractivity contribution in [3.05, 3.63) is 0 Å². The van der Waals surface area contributed by atoms with Gasteiger partial charge in [-0.25, -0.2) is 0 Å². The van der Waals surface area contributed by atoms with Gasteiger partial charge in [0.2, 0.25) is 17.5 Å². The first-order valence-corrected chi connectivity index (χ1v) is 18.6. The lowest BCUT2D eigenvalue weighted by atomic mass is 9.42. The van der Waals surface area contributed by atoms with Gasteiger partial charge in [0, 0.05) is 64.3 Å². The lowest BCUT2D eigenvalue weighted by molar-refractivity contribution is -0.665. The topological polar surface area (TPSA) is 119 Å². The van der Waals surface area contributed by atoms with Crippen molar-refractivity contribution >= 4 is 17.8 Å². The van der Waals surface area contributed by atoms with Crippen LogP contribution in [0.15, 0.2) is 0 Å². The number of amides is 1. The number of ether oxygens (including phenoxy) is 2. The summed E-state index contributed by atoms with van der Waals surface area (Å²) in [5.41, 5.74) is -0.384. The van der Waals surface area contributed by atoms with E-state index in [0.29, 0.717) is 31.1 Å². The van der Waals surface area contributed by atoms with E-state index < -0.39 is 11.6 Å². The van der Waals surface area contributed by atoms with Crippen molar-refractivity contribution in [1.82, 2.24) is 5.32 Å². The molecular formula is C37H59NO9. The van der Waals surface area contributed by atoms with E-state index in [9.17, 15) is 14.4 Å². The van der Waals surface area contributed by atoms with Crippen LogP contribution < -0.4 is 5.32 Å². The largest absolute Gasteiger partial charge is 0.462 e. The highest BCUT2D eigenvalue weighted by Gasteiger charge is 2.69. The smallest absolute Gasteiger partial charge is 0.302 e. The van der Waals surface area contributed by atoms with E-state index in [-0.39, 0.29) is 70.5 Å². The third kappa shape index (κ3) is 6.27. The minimum absolute atomic E-state index is 0.0498. The van der Waals surface area contributed by atoms with Crippen molar-refractivity contribution in [3.63, 3.8) is 0 Å². The van der Waals surface area contributed by atoms with Crippen LogP contribution in [0, 0.1) is 52.3 Å². The number of fused-ring (bicyclic) bond motifs is 5. The normalized spacial score (nSPS) is 46.5. The number of carbonyl (C=O) groups is 3. The molecule has 1 N–H and O–H groups in total. The van der Waals surface area contributed by atoms with Crippen molar-refractivity contribution in [2.45, 2.75) is 155 Å². The number of hydrogen-bond donors (Lipinski definition) is 1. The molecule has 0 aromatic carbocycles. The van der Waals surface area contributed by atoms with Gasteiger partial charge in [-0.1, -0.05) is 34.1 Å². The molecule has 5 saturated carbocycles. The first kappa shape index (κ1) is 35.1. The van der Waals surface area contributed by atoms with Crippen LogP contribution in [0.25, 0.3) is 0 Å². The zero-order valence-electron chi connectivity index (χ0n) is 29.8. The summed E-state index contributed by atoms with van der Waals surface area (Å²) >= 11 is 0. The first-order valence-electron chi connectivity index (χ1n) is 18.6. The maximum Gasteiger partial charge on any atom is 0.302 e. The molecule has 266 valence electrons. The molecule has 1 saturated heterocycles. The highest BCUT2D eigenvalue weighted by molar-refractivity contribution is 5.75. The Morgan fingerprint density at radius 1 is 0.851 bits per heavy atom. The Labute approximate surface area is 280 Å². The molecule has 1 amide bonds. The Balaban J connectivity index is 1.25. The molecule has 0 radical (unpaired) electrons. The summed E-state index contributed by atoms with van der Waals surface area (Å²) < 4.78 is 12.6. The number of esters is 2. The van der Waals surface area contributed by atoms with Crippen LogP contribution in [0.5, 0.6) is 0 Å². The highest BCUT2D eigenvalue weighted by Crippen LogP contribution is 2.70. The Bertz CT molecular complexity index is 1170. The van der Waals surface area contributed by atoms with Gasteiger partial charge in [0.25, 0.3) is 0 Å². The Morgan fingerprint density at radius 2 is 1.51 bits per heavy atom. The molecule has 1 aliphatic heterocycles. The Hall–Kier alpha value is -1.75. The summed E-state index contributed by atoms with van der Waals surface area (Å²) in [6, 6.07) is 0. The molecule has 2 spiro atoms. The maximum absolute atomic E-state index is 12.7. The van der Waals surface area contributed by atoms with Crippen LogP contribution >= 0.6 is 0 Å². The van der Waals surface area contributed by atoms with Crippen molar-refractivity contribution in [1.29, 1.82) is 0 Å². The third-order valence-corrected chi connectivity index (χ3v) is 14.4. The highest BCUT2D eigenvalue weighted by atomic mass is 17.4. The second kappa shape index (κ2) is 13.2. The van der Waals surface area contributed by atoms with Crippen molar-refractivity contribution in [3.8, 4) is 0 Å². The second-order valence-corrected chi connectivity index (χ2v) is 16.7. The van der Waals surface area contributed by atoms with Crippen LogP contribution in [-0.2, 0) is 43.4 Å². The van der Waals surface area contributed by atoms with Crippen LogP contribution in [0.2, 0.25) is 0 Å². The lowest BCUT2D eigenvalue weighted by Crippen LogP contribution is -2.65. The molecule has 4 unspecified atom stereocenters. The zero-order chi connectivity index (χ0) is 33.8. The molecule has 6 fully saturated rings. The van der Waals surface area contributed by atoms with Gasteiger partial charge in [0.05, 0.1) is 0 Å². The van der Waals surface area contributed by atoms with Gasteiger partial charge >= 0.3 is 11.9 Å². The van der Waals surface area contributed by atoms with E-state index in [2.05, 4.69) is 33.0 Å². The number of nitrogens with one attached hydrogen (secondary N) is 1. The van der Waals surface area contributed by atoms with Crippen LogP contribution in [0.4, 0.5) is 0 Å². The molecule has 10 heteroatoms. The molecule has 5 aliphatic carbocycles. The quantitative estimate of drug-likeness (QED) is 0.232. The van der Waals surface area contributed by atoms with E-state index in [1.807, 2.05) is 0 Å². The summed E-state index contributed by atoms with van der Waals surface area (Å²) in [5.74, 6) is -0.353. The Kier molecular flexibility index (Phi) is 9.84. The van der Waals surface area contributed by atoms with Crippen LogP contribution in [0.1, 0.15) is 131 Å². The fraction of sp³-hybridized carbons (Fsp3) is 0.919. The summed E-state index contributed by atoms with van der Waals surface area (Å²) in [4.78, 5) is 62.1. The number of rotatable bonds is 7. The van der Waals surface area contributed by atoms with Gasteiger partial charge in [-0.3, -0.25) is 14.4 Å². The summed E-state index contributed by atoms with van der Waals surface area (Å²) in [6.45, 7) is 12.2. The SMILES string of the molecule is CCC1CCC2(CC1)OOC1(CC[C@]3(C)C4C[C@H](OC(C)=O)[C@@]5(C)C(CC[C@@H]5C(C)CCC(=O)NC)C4[C@H](OC(C)=O)C[C@@H]3C1)OO2. The van der Waals surface area contributed by atoms with Crippen LogP contribution in [0.3, 0.4) is 0 Å². The van der Waals surface area contributed by atoms with Crippen molar-refractivity contribution in [2.75, 3.05) is 7.05 Å². The minimum atomic E-state index is -0.998. The van der Waals surface area contributed by atoms with Crippen molar-refractivity contribution < 1.29 is 43.4 Å². The van der Waals surface area contributed by atoms with Crippen LogP contribution in [-0.4, -0.2) is 48.7 Å². The van der Waals surface area contributed by atoms with Gasteiger partial charge in [0.1, 0.15) is 12.2 Å². The summed E-state index contributed by atoms with van der Waals surface area (Å²) in [5, 5.41) is 2.75. The third-order valence-electron chi connectivity index (χ3n) is 14.4. The molecular weight excluding hydrogens is 602 g/mol. The zero-order valence-corrected chi connectivity index (χ0v) is 29.8. The molecule has 6 aliphatic rings. The molecule has 1 heterocycles. The maximum atomic E-state index is 12.7. The standard InChI is InChI=1S/C37H59NO9/c1-8-25-13-15-36(16-14-25)44-46-37(47-45-36)18-17-34(5)26(21-37)19-30(42-23(3)39)33-28-11-10-27(22(2)9-12-32(41)38-7)35(28,6)31(20-29(33)34)43-24(4)40/h22,25-31,33H,8-21H2,1-7H3,(H,38,41)/t22?,25?,26-,27-,28?,29?,30-,31+,33?,34+,35-,36?,37?/m1/s1. The second-order valence-electron chi connectivity index (χ2n) is 16.7. The van der Waals surface area contributed by atoms with Crippen molar-refractivity contribution in [2.24, 2.45) is 52.3 Å². The molecule has 0 aromatic heterocycles. The van der Waals surface area contributed by atoms with Gasteiger partial charge in [-0.15, -0.1) is 0 Å². The molecule has 0 aromatic rings. The van der Waals surface area contributed by atoms with Gasteiger partial charge in [-0.2, -0.15) is 19.6 Å². The van der Waals surface area contributed by atoms with E-state index in [1.165, 1.54) is 13.8 Å². The first-order chi connectivity index (χ1) is 22.3. The predicted octanol–water partition coefficient (Wildman–Crippen LogP) is 6.79. The molecule has 0 bridgehead atoms. The fourth-order valence-corrected chi connectivity index (χ4v) is 11.6. The van der Waals surface area contributed by atoms with E-state index in [4.69, 9.17) is 29.0 Å². The van der Waals surface area contributed by atoms with E-state index in [0.717, 1.165) is 70.6 Å². The number of carbonyl (C=O) groups excluding carboxylic acids is 3. The van der Waals surface area contributed by atoms with E-state index >= 15 is 0 Å². The average molecular weight is 662 g/mol. The molecule has 6 rings (SSSR count). The lowest BCUT2D eigenvalue weighted by Gasteiger charge is -2.65.